The van der Waals surface area contributed by atoms with Gasteiger partial charge in [0, 0.05) is 39.1 Å². The second kappa shape index (κ2) is 4.81. The van der Waals surface area contributed by atoms with E-state index in [1.807, 2.05) is 0 Å². The molecule has 20 heavy (non-hydrogen) atoms. The molecule has 0 spiro atoms. The van der Waals surface area contributed by atoms with Crippen LogP contribution in [-0.4, -0.2) is 30.5 Å². The maximum atomic E-state index is 5.74. The molecule has 0 aromatic carbocycles. The van der Waals surface area contributed by atoms with Gasteiger partial charge in [0.15, 0.2) is 0 Å². The van der Waals surface area contributed by atoms with E-state index in [4.69, 9.17) is 19.0 Å². The van der Waals surface area contributed by atoms with E-state index in [-0.39, 0.29) is 0 Å². The van der Waals surface area contributed by atoms with E-state index in [0.29, 0.717) is 19.1 Å². The van der Waals surface area contributed by atoms with Crippen LogP contribution in [0.4, 0.5) is 0 Å². The van der Waals surface area contributed by atoms with Crippen LogP contribution in [0.25, 0.3) is 0 Å². The first-order valence-electron chi connectivity index (χ1n) is 7.78. The van der Waals surface area contributed by atoms with Gasteiger partial charge in [-0.25, -0.2) is 0 Å². The Balaban J connectivity index is 1.58. The van der Waals surface area contributed by atoms with Crippen molar-refractivity contribution in [3.05, 3.63) is 11.7 Å². The normalized spacial score (nSPS) is 35.5. The quantitative estimate of drug-likeness (QED) is 0.850. The fourth-order valence-corrected chi connectivity index (χ4v) is 4.34. The lowest BCUT2D eigenvalue weighted by Gasteiger charge is -2.32. The first kappa shape index (κ1) is 12.8. The van der Waals surface area contributed by atoms with E-state index in [0.717, 1.165) is 36.4 Å². The first-order chi connectivity index (χ1) is 9.81. The van der Waals surface area contributed by atoms with Crippen LogP contribution in [0.2, 0.25) is 0 Å². The van der Waals surface area contributed by atoms with Crippen molar-refractivity contribution in [2.45, 2.75) is 50.0 Å². The minimum absolute atomic E-state index is 0.405. The Labute approximate surface area is 119 Å². The Morgan fingerprint density at radius 1 is 1.20 bits per heavy atom. The van der Waals surface area contributed by atoms with Crippen molar-refractivity contribution in [2.75, 3.05) is 20.3 Å². The van der Waals surface area contributed by atoms with Gasteiger partial charge in [-0.3, -0.25) is 0 Å². The SMILES string of the molecule is COC1(c2noc([C@@H]3C[C@H]4CC[C@H]3C4)n2)CCOCC1. The Morgan fingerprint density at radius 2 is 2.05 bits per heavy atom. The van der Waals surface area contributed by atoms with Crippen LogP contribution in [-0.2, 0) is 15.1 Å². The molecule has 3 fully saturated rings. The lowest BCUT2D eigenvalue weighted by molar-refractivity contribution is -0.101. The molecule has 2 aliphatic carbocycles. The van der Waals surface area contributed by atoms with Crippen molar-refractivity contribution < 1.29 is 14.0 Å². The Hall–Kier alpha value is -0.940. The summed E-state index contributed by atoms with van der Waals surface area (Å²) in [6.45, 7) is 1.40. The molecule has 4 rings (SSSR count). The van der Waals surface area contributed by atoms with Gasteiger partial charge in [0.2, 0.25) is 11.7 Å². The van der Waals surface area contributed by atoms with Gasteiger partial charge in [0.25, 0.3) is 0 Å². The van der Waals surface area contributed by atoms with Crippen LogP contribution < -0.4 is 0 Å². The zero-order chi connectivity index (χ0) is 13.6. The zero-order valence-electron chi connectivity index (χ0n) is 12.0. The molecule has 2 heterocycles. The van der Waals surface area contributed by atoms with Gasteiger partial charge in [-0.05, 0) is 31.1 Å². The summed E-state index contributed by atoms with van der Waals surface area (Å²) in [5.74, 6) is 3.71. The van der Waals surface area contributed by atoms with Crippen LogP contribution in [0.3, 0.4) is 0 Å². The van der Waals surface area contributed by atoms with E-state index >= 15 is 0 Å². The number of hydrogen-bond donors (Lipinski definition) is 0. The summed E-state index contributed by atoms with van der Waals surface area (Å²) in [7, 11) is 1.74. The number of aromatic nitrogens is 2. The molecule has 0 radical (unpaired) electrons. The Morgan fingerprint density at radius 3 is 2.70 bits per heavy atom. The summed E-state index contributed by atoms with van der Waals surface area (Å²) in [5, 5.41) is 4.24. The third kappa shape index (κ3) is 1.91. The van der Waals surface area contributed by atoms with Crippen molar-refractivity contribution in [3.8, 4) is 0 Å². The molecule has 0 unspecified atom stereocenters. The maximum Gasteiger partial charge on any atom is 0.230 e. The molecule has 3 atom stereocenters. The highest BCUT2D eigenvalue weighted by molar-refractivity contribution is 5.09. The van der Waals surface area contributed by atoms with Crippen molar-refractivity contribution in [1.29, 1.82) is 0 Å². The van der Waals surface area contributed by atoms with Crippen molar-refractivity contribution in [1.82, 2.24) is 10.1 Å². The molecule has 1 saturated heterocycles. The summed E-state index contributed by atoms with van der Waals surface area (Å²) in [6, 6.07) is 0. The van der Waals surface area contributed by atoms with Crippen molar-refractivity contribution in [2.24, 2.45) is 11.8 Å². The predicted molar refractivity (Wildman–Crippen MR) is 71.2 cm³/mol. The minimum Gasteiger partial charge on any atom is -0.381 e. The third-order valence-corrected chi connectivity index (χ3v) is 5.60. The molecule has 3 aliphatic rings. The largest absolute Gasteiger partial charge is 0.381 e. The smallest absolute Gasteiger partial charge is 0.230 e. The zero-order valence-corrected chi connectivity index (χ0v) is 12.0. The van der Waals surface area contributed by atoms with Gasteiger partial charge >= 0.3 is 0 Å². The Bertz CT molecular complexity index is 481. The van der Waals surface area contributed by atoms with Crippen LogP contribution in [0.15, 0.2) is 4.52 Å². The number of hydrogen-bond acceptors (Lipinski definition) is 5. The molecule has 5 nitrogen and oxygen atoms in total. The number of rotatable bonds is 3. The highest BCUT2D eigenvalue weighted by Crippen LogP contribution is 2.52. The molecule has 2 bridgehead atoms. The first-order valence-corrected chi connectivity index (χ1v) is 7.78. The fourth-order valence-electron chi connectivity index (χ4n) is 4.34. The molecular weight excluding hydrogens is 256 g/mol. The van der Waals surface area contributed by atoms with Crippen molar-refractivity contribution in [3.63, 3.8) is 0 Å². The van der Waals surface area contributed by atoms with Crippen LogP contribution in [0, 0.1) is 11.8 Å². The van der Waals surface area contributed by atoms with E-state index in [9.17, 15) is 0 Å². The lowest BCUT2D eigenvalue weighted by Crippen LogP contribution is -2.36. The van der Waals surface area contributed by atoms with Crippen LogP contribution in [0.5, 0.6) is 0 Å². The van der Waals surface area contributed by atoms with Crippen molar-refractivity contribution >= 4 is 0 Å². The number of methoxy groups -OCH3 is 1. The van der Waals surface area contributed by atoms with E-state index in [2.05, 4.69) is 5.16 Å². The number of fused-ring (bicyclic) bond motifs is 2. The average molecular weight is 278 g/mol. The third-order valence-electron chi connectivity index (χ3n) is 5.60. The molecule has 1 aromatic rings. The average Bonchev–Trinajstić information content (AvgIpc) is 3.23. The number of ether oxygens (including phenoxy) is 2. The van der Waals surface area contributed by atoms with Gasteiger partial charge in [0.05, 0.1) is 0 Å². The van der Waals surface area contributed by atoms with Gasteiger partial charge in [0.1, 0.15) is 5.60 Å². The van der Waals surface area contributed by atoms with Gasteiger partial charge in [-0.1, -0.05) is 11.6 Å². The summed E-state index contributed by atoms with van der Waals surface area (Å²) < 4.78 is 16.8. The molecular formula is C15H22N2O3. The van der Waals surface area contributed by atoms with Crippen LogP contribution in [0.1, 0.15) is 56.2 Å². The monoisotopic (exact) mass is 278 g/mol. The molecule has 110 valence electrons. The number of nitrogens with zero attached hydrogens (tertiary/aromatic N) is 2. The van der Waals surface area contributed by atoms with Gasteiger partial charge in [-0.15, -0.1) is 0 Å². The van der Waals surface area contributed by atoms with E-state index < -0.39 is 5.60 Å². The van der Waals surface area contributed by atoms with Gasteiger partial charge < -0.3 is 14.0 Å². The molecule has 1 aliphatic heterocycles. The topological polar surface area (TPSA) is 57.4 Å². The molecule has 2 saturated carbocycles. The molecule has 0 amide bonds. The van der Waals surface area contributed by atoms with Gasteiger partial charge in [-0.2, -0.15) is 4.98 Å². The Kier molecular flexibility index (Phi) is 3.07. The summed E-state index contributed by atoms with van der Waals surface area (Å²) >= 11 is 0. The highest BCUT2D eigenvalue weighted by Gasteiger charge is 2.45. The fraction of sp³-hybridized carbons (Fsp3) is 0.867. The summed E-state index contributed by atoms with van der Waals surface area (Å²) in [4.78, 5) is 4.72. The predicted octanol–water partition coefficient (Wildman–Crippen LogP) is 2.63. The molecule has 1 aromatic heterocycles. The standard InChI is InChI=1S/C15H22N2O3/c1-18-15(4-6-19-7-5-15)14-16-13(20-17-14)12-9-10-2-3-11(12)8-10/h10-12H,2-9H2,1H3/t10-,11-,12+/m0/s1. The second-order valence-corrected chi connectivity index (χ2v) is 6.55. The highest BCUT2D eigenvalue weighted by atomic mass is 16.5. The minimum atomic E-state index is -0.405. The van der Waals surface area contributed by atoms with E-state index in [1.165, 1.54) is 25.7 Å². The lowest BCUT2D eigenvalue weighted by atomic mass is 9.88. The maximum absolute atomic E-state index is 5.74. The summed E-state index contributed by atoms with van der Waals surface area (Å²) in [6.07, 6.45) is 6.91. The summed E-state index contributed by atoms with van der Waals surface area (Å²) in [5.41, 5.74) is -0.405. The molecule has 5 heteroatoms. The van der Waals surface area contributed by atoms with E-state index in [1.54, 1.807) is 7.11 Å². The molecule has 0 N–H and O–H groups in total. The second-order valence-electron chi connectivity index (χ2n) is 6.55. The van der Waals surface area contributed by atoms with Crippen LogP contribution >= 0.6 is 0 Å².